The van der Waals surface area contributed by atoms with Crippen LogP contribution < -0.4 is 0 Å². The summed E-state index contributed by atoms with van der Waals surface area (Å²) in [6.45, 7) is 1.38. The standard InChI is InChI=1S/C11H14O5/c1-4(12)15-9-6-3-5-7(6)11(13)16-10(9)8(5)14-2/h5-10H,3H2,1-2H3. The second-order valence-electron chi connectivity index (χ2n) is 4.77. The topological polar surface area (TPSA) is 61.8 Å². The van der Waals surface area contributed by atoms with Gasteiger partial charge in [-0.3, -0.25) is 9.59 Å². The highest BCUT2D eigenvalue weighted by Gasteiger charge is 2.68. The van der Waals surface area contributed by atoms with Crippen molar-refractivity contribution in [1.29, 1.82) is 0 Å². The van der Waals surface area contributed by atoms with Gasteiger partial charge < -0.3 is 14.2 Å². The van der Waals surface area contributed by atoms with Gasteiger partial charge in [0.25, 0.3) is 0 Å². The Labute approximate surface area is 93.0 Å². The lowest BCUT2D eigenvalue weighted by Gasteiger charge is -2.61. The van der Waals surface area contributed by atoms with Crippen molar-refractivity contribution in [2.45, 2.75) is 31.7 Å². The van der Waals surface area contributed by atoms with Crippen LogP contribution >= 0.6 is 0 Å². The predicted octanol–water partition coefficient (Wildman–Crippen LogP) is 0.124. The average Bonchev–Trinajstić information content (AvgIpc) is 2.16. The number of fused-ring (bicyclic) bond motifs is 1. The Bertz CT molecular complexity index is 350. The molecule has 4 aliphatic rings. The highest BCUT2D eigenvalue weighted by Crippen LogP contribution is 2.57. The highest BCUT2D eigenvalue weighted by atomic mass is 16.6. The van der Waals surface area contributed by atoms with Gasteiger partial charge in [-0.25, -0.2) is 0 Å². The summed E-state index contributed by atoms with van der Waals surface area (Å²) in [4.78, 5) is 22.6. The third-order valence-electron chi connectivity index (χ3n) is 4.06. The van der Waals surface area contributed by atoms with Crippen molar-refractivity contribution in [3.05, 3.63) is 0 Å². The van der Waals surface area contributed by atoms with Crippen LogP contribution in [0, 0.1) is 17.8 Å². The molecule has 2 heterocycles. The van der Waals surface area contributed by atoms with Gasteiger partial charge in [-0.2, -0.15) is 0 Å². The van der Waals surface area contributed by atoms with Crippen molar-refractivity contribution in [3.63, 3.8) is 0 Å². The summed E-state index contributed by atoms with van der Waals surface area (Å²) < 4.78 is 15.9. The number of rotatable bonds is 2. The van der Waals surface area contributed by atoms with Gasteiger partial charge >= 0.3 is 11.9 Å². The molecule has 2 aliphatic carbocycles. The van der Waals surface area contributed by atoms with Gasteiger partial charge in [0, 0.05) is 25.9 Å². The number of carbonyl (C=O) groups is 2. The molecule has 2 saturated carbocycles. The van der Waals surface area contributed by atoms with Crippen molar-refractivity contribution in [3.8, 4) is 0 Å². The fraction of sp³-hybridized carbons (Fsp3) is 0.818. The van der Waals surface area contributed by atoms with Crippen LogP contribution in [0.5, 0.6) is 0 Å². The Balaban J connectivity index is 1.87. The molecule has 0 aromatic heterocycles. The molecule has 5 nitrogen and oxygen atoms in total. The Morgan fingerprint density at radius 3 is 2.69 bits per heavy atom. The van der Waals surface area contributed by atoms with E-state index in [1.807, 2.05) is 0 Å². The molecule has 4 bridgehead atoms. The lowest BCUT2D eigenvalue weighted by atomic mass is 9.52. The van der Waals surface area contributed by atoms with E-state index < -0.39 is 6.10 Å². The van der Waals surface area contributed by atoms with E-state index in [1.165, 1.54) is 6.92 Å². The minimum absolute atomic E-state index is 0.114. The van der Waals surface area contributed by atoms with Gasteiger partial charge in [-0.05, 0) is 6.42 Å². The molecule has 0 aromatic rings. The maximum Gasteiger partial charge on any atom is 0.310 e. The molecule has 2 saturated heterocycles. The molecule has 0 N–H and O–H groups in total. The molecule has 6 atom stereocenters. The van der Waals surface area contributed by atoms with E-state index in [0.717, 1.165) is 6.42 Å². The van der Waals surface area contributed by atoms with Crippen LogP contribution in [0.25, 0.3) is 0 Å². The van der Waals surface area contributed by atoms with Crippen LogP contribution in [0.15, 0.2) is 0 Å². The predicted molar refractivity (Wildman–Crippen MR) is 51.3 cm³/mol. The van der Waals surface area contributed by atoms with Crippen molar-refractivity contribution < 1.29 is 23.8 Å². The molecule has 0 spiro atoms. The molecule has 6 unspecified atom stereocenters. The first-order chi connectivity index (χ1) is 7.63. The number of methoxy groups -OCH3 is 1. The van der Waals surface area contributed by atoms with Crippen LogP contribution in [0.4, 0.5) is 0 Å². The SMILES string of the molecule is COC1C2CC3C(OC(C)=O)C1OC(=O)C23. The zero-order chi connectivity index (χ0) is 11.4. The number of hydrogen-bond donors (Lipinski definition) is 0. The Morgan fingerprint density at radius 1 is 1.38 bits per heavy atom. The van der Waals surface area contributed by atoms with Crippen molar-refractivity contribution in [1.82, 2.24) is 0 Å². The van der Waals surface area contributed by atoms with E-state index in [1.54, 1.807) is 7.11 Å². The molecule has 16 heavy (non-hydrogen) atoms. The summed E-state index contributed by atoms with van der Waals surface area (Å²) in [5.74, 6) is -0.200. The Morgan fingerprint density at radius 2 is 2.06 bits per heavy atom. The smallest absolute Gasteiger partial charge is 0.310 e. The van der Waals surface area contributed by atoms with Crippen LogP contribution in [-0.2, 0) is 23.8 Å². The van der Waals surface area contributed by atoms with Gasteiger partial charge in [-0.15, -0.1) is 0 Å². The summed E-state index contributed by atoms with van der Waals surface area (Å²) in [5, 5.41) is 0. The average molecular weight is 226 g/mol. The summed E-state index contributed by atoms with van der Waals surface area (Å²) in [6, 6.07) is 0. The quantitative estimate of drug-likeness (QED) is 0.626. The highest BCUT2D eigenvalue weighted by molar-refractivity contribution is 5.77. The third kappa shape index (κ3) is 1.09. The first-order valence-electron chi connectivity index (χ1n) is 5.54. The van der Waals surface area contributed by atoms with Crippen LogP contribution in [0.1, 0.15) is 13.3 Å². The summed E-state index contributed by atoms with van der Waals surface area (Å²) in [6.07, 6.45) is 0.0644. The van der Waals surface area contributed by atoms with Gasteiger partial charge in [-0.1, -0.05) is 0 Å². The number of carbonyl (C=O) groups excluding carboxylic acids is 2. The van der Waals surface area contributed by atoms with E-state index in [0.29, 0.717) is 0 Å². The maximum absolute atomic E-state index is 11.6. The summed E-state index contributed by atoms with van der Waals surface area (Å²) in [5.41, 5.74) is 0. The van der Waals surface area contributed by atoms with Gasteiger partial charge in [0.05, 0.1) is 5.92 Å². The molecular weight excluding hydrogens is 212 g/mol. The minimum atomic E-state index is -0.407. The molecule has 0 amide bonds. The van der Waals surface area contributed by atoms with Crippen molar-refractivity contribution in [2.24, 2.45) is 17.8 Å². The second kappa shape index (κ2) is 3.20. The lowest BCUT2D eigenvalue weighted by Crippen LogP contribution is -2.72. The first-order valence-corrected chi connectivity index (χ1v) is 5.54. The normalized spacial score (nSPS) is 48.2. The van der Waals surface area contributed by atoms with E-state index in [-0.39, 0.29) is 41.9 Å². The number of esters is 2. The molecule has 5 heteroatoms. The van der Waals surface area contributed by atoms with Crippen LogP contribution in [-0.4, -0.2) is 37.4 Å². The van der Waals surface area contributed by atoms with Crippen molar-refractivity contribution in [2.75, 3.05) is 7.11 Å². The second-order valence-corrected chi connectivity index (χ2v) is 4.77. The summed E-state index contributed by atoms with van der Waals surface area (Å²) in [7, 11) is 1.61. The molecule has 4 fully saturated rings. The Hall–Kier alpha value is -1.10. The lowest BCUT2D eigenvalue weighted by molar-refractivity contribution is -0.281. The summed E-state index contributed by atoms with van der Waals surface area (Å²) >= 11 is 0. The zero-order valence-corrected chi connectivity index (χ0v) is 9.21. The van der Waals surface area contributed by atoms with Gasteiger partial charge in [0.2, 0.25) is 0 Å². The van der Waals surface area contributed by atoms with Crippen molar-refractivity contribution >= 4 is 11.9 Å². The fourth-order valence-corrected chi connectivity index (χ4v) is 3.43. The zero-order valence-electron chi connectivity index (χ0n) is 9.21. The minimum Gasteiger partial charge on any atom is -0.458 e. The van der Waals surface area contributed by atoms with E-state index in [4.69, 9.17) is 14.2 Å². The van der Waals surface area contributed by atoms with Gasteiger partial charge in [0.15, 0.2) is 6.10 Å². The number of ether oxygens (including phenoxy) is 3. The number of hydrogen-bond acceptors (Lipinski definition) is 5. The molecule has 0 aromatic carbocycles. The monoisotopic (exact) mass is 226 g/mol. The molecular formula is C11H14O5. The molecule has 2 aliphatic heterocycles. The van der Waals surface area contributed by atoms with Gasteiger partial charge in [0.1, 0.15) is 12.2 Å². The van der Waals surface area contributed by atoms with E-state index in [9.17, 15) is 9.59 Å². The van der Waals surface area contributed by atoms with E-state index >= 15 is 0 Å². The van der Waals surface area contributed by atoms with E-state index in [2.05, 4.69) is 0 Å². The first kappa shape index (κ1) is 10.1. The van der Waals surface area contributed by atoms with Crippen LogP contribution in [0.3, 0.4) is 0 Å². The molecule has 0 radical (unpaired) electrons. The molecule has 4 rings (SSSR count). The Kier molecular flexibility index (Phi) is 2.01. The maximum atomic E-state index is 11.6. The largest absolute Gasteiger partial charge is 0.458 e. The van der Waals surface area contributed by atoms with Crippen LogP contribution in [0.2, 0.25) is 0 Å². The third-order valence-corrected chi connectivity index (χ3v) is 4.06. The fourth-order valence-electron chi connectivity index (χ4n) is 3.43. The molecule has 88 valence electrons.